The fraction of sp³-hybridized carbons (Fsp3) is 0.375. The third-order valence-corrected chi connectivity index (χ3v) is 4.95. The Morgan fingerprint density at radius 2 is 2.21 bits per heavy atom. The van der Waals surface area contributed by atoms with Crippen LogP contribution in [-0.4, -0.2) is 38.6 Å². The van der Waals surface area contributed by atoms with E-state index in [2.05, 4.69) is 24.8 Å². The molecule has 0 spiro atoms. The van der Waals surface area contributed by atoms with Gasteiger partial charge >= 0.3 is 0 Å². The summed E-state index contributed by atoms with van der Waals surface area (Å²) in [5, 5.41) is 2.88. The molecule has 1 aliphatic rings. The van der Waals surface area contributed by atoms with E-state index in [-0.39, 0.29) is 5.91 Å². The van der Waals surface area contributed by atoms with Crippen molar-refractivity contribution in [2.45, 2.75) is 25.4 Å². The van der Waals surface area contributed by atoms with Crippen molar-refractivity contribution in [2.75, 3.05) is 13.2 Å². The Labute approximate surface area is 142 Å². The molecule has 0 bridgehead atoms. The van der Waals surface area contributed by atoms with Crippen LogP contribution in [0.3, 0.4) is 0 Å². The quantitative estimate of drug-likeness (QED) is 0.785. The van der Waals surface area contributed by atoms with E-state index >= 15 is 0 Å². The van der Waals surface area contributed by atoms with Gasteiger partial charge in [0.25, 0.3) is 5.91 Å². The number of amides is 1. The molecule has 0 unspecified atom stereocenters. The normalized spacial score (nSPS) is 15.7. The summed E-state index contributed by atoms with van der Waals surface area (Å²) in [5.41, 5.74) is 3.83. The average molecular weight is 343 g/mol. The molecule has 1 amide bonds. The molecule has 24 heavy (non-hydrogen) atoms. The first-order valence-electron chi connectivity index (χ1n) is 7.87. The molecule has 8 heteroatoms. The van der Waals surface area contributed by atoms with Gasteiger partial charge in [-0.05, 0) is 18.9 Å². The predicted molar refractivity (Wildman–Crippen MR) is 89.9 cm³/mol. The van der Waals surface area contributed by atoms with Crippen molar-refractivity contribution in [1.29, 1.82) is 0 Å². The summed E-state index contributed by atoms with van der Waals surface area (Å²) < 4.78 is 7.50. The minimum atomic E-state index is -0.154. The highest BCUT2D eigenvalue weighted by Gasteiger charge is 2.19. The van der Waals surface area contributed by atoms with Crippen LogP contribution in [0.15, 0.2) is 30.3 Å². The van der Waals surface area contributed by atoms with Crippen molar-refractivity contribution in [3.05, 3.63) is 40.7 Å². The number of aromatic nitrogens is 4. The highest BCUT2D eigenvalue weighted by Crippen LogP contribution is 2.24. The Kier molecular flexibility index (Phi) is 4.22. The molecule has 0 aromatic carbocycles. The first kappa shape index (κ1) is 15.2. The monoisotopic (exact) mass is 343 g/mol. The topological polar surface area (TPSA) is 81.9 Å². The molecule has 1 N–H and O–H groups in total. The Bertz CT molecular complexity index is 839. The fourth-order valence-electron chi connectivity index (χ4n) is 2.87. The Morgan fingerprint density at radius 3 is 3.00 bits per heavy atom. The Balaban J connectivity index is 1.52. The Morgan fingerprint density at radius 1 is 1.33 bits per heavy atom. The van der Waals surface area contributed by atoms with Gasteiger partial charge in [0.15, 0.2) is 5.65 Å². The molecule has 0 aliphatic carbocycles. The van der Waals surface area contributed by atoms with Crippen molar-refractivity contribution in [3.63, 3.8) is 0 Å². The second-order valence-electron chi connectivity index (χ2n) is 5.71. The number of carbonyl (C=O) groups is 1. The van der Waals surface area contributed by atoms with Gasteiger partial charge < -0.3 is 14.6 Å². The SMILES string of the molecule is O=C(NCc1cncs1)c1cnc2c(c1)ncn2C1CCOCC1. The number of pyridine rings is 1. The van der Waals surface area contributed by atoms with Gasteiger partial charge in [0.05, 0.1) is 23.9 Å². The number of carbonyl (C=O) groups excluding carboxylic acids is 1. The van der Waals surface area contributed by atoms with Crippen molar-refractivity contribution in [2.24, 2.45) is 0 Å². The molecular weight excluding hydrogens is 326 g/mol. The third-order valence-electron chi connectivity index (χ3n) is 4.17. The zero-order chi connectivity index (χ0) is 16.4. The van der Waals surface area contributed by atoms with Gasteiger partial charge in [0.1, 0.15) is 5.52 Å². The smallest absolute Gasteiger partial charge is 0.253 e. The highest BCUT2D eigenvalue weighted by atomic mass is 32.1. The van der Waals surface area contributed by atoms with Gasteiger partial charge in [-0.3, -0.25) is 9.78 Å². The first-order valence-corrected chi connectivity index (χ1v) is 8.75. The number of thiazole rings is 1. The largest absolute Gasteiger partial charge is 0.381 e. The van der Waals surface area contributed by atoms with Crippen LogP contribution >= 0.6 is 11.3 Å². The molecule has 3 aromatic rings. The van der Waals surface area contributed by atoms with Crippen molar-refractivity contribution < 1.29 is 9.53 Å². The lowest BCUT2D eigenvalue weighted by Crippen LogP contribution is -2.22. The van der Waals surface area contributed by atoms with E-state index in [0.29, 0.717) is 18.2 Å². The number of ether oxygens (including phenoxy) is 1. The molecule has 124 valence electrons. The van der Waals surface area contributed by atoms with E-state index in [1.807, 2.05) is 6.33 Å². The number of hydrogen-bond donors (Lipinski definition) is 1. The molecular formula is C16H17N5O2S. The molecule has 1 saturated heterocycles. The summed E-state index contributed by atoms with van der Waals surface area (Å²) in [7, 11) is 0. The lowest BCUT2D eigenvalue weighted by molar-refractivity contribution is 0.0704. The number of nitrogens with zero attached hydrogens (tertiary/aromatic N) is 4. The van der Waals surface area contributed by atoms with Crippen molar-refractivity contribution in [1.82, 2.24) is 24.8 Å². The molecule has 3 aromatic heterocycles. The summed E-state index contributed by atoms with van der Waals surface area (Å²) in [6.45, 7) is 2.00. The van der Waals surface area contributed by atoms with Gasteiger partial charge in [-0.25, -0.2) is 9.97 Å². The van der Waals surface area contributed by atoms with E-state index in [9.17, 15) is 4.79 Å². The summed E-state index contributed by atoms with van der Waals surface area (Å²) in [6.07, 6.45) is 7.10. The minimum Gasteiger partial charge on any atom is -0.381 e. The molecule has 0 saturated carbocycles. The maximum absolute atomic E-state index is 12.3. The summed E-state index contributed by atoms with van der Waals surface area (Å²) in [5.74, 6) is -0.154. The maximum Gasteiger partial charge on any atom is 0.253 e. The first-order chi connectivity index (χ1) is 11.8. The number of fused-ring (bicyclic) bond motifs is 1. The molecule has 0 atom stereocenters. The fourth-order valence-corrected chi connectivity index (χ4v) is 3.41. The van der Waals surface area contributed by atoms with Crippen LogP contribution in [0.4, 0.5) is 0 Å². The van der Waals surface area contributed by atoms with Gasteiger partial charge in [0, 0.05) is 36.5 Å². The lowest BCUT2D eigenvalue weighted by Gasteiger charge is -2.23. The summed E-state index contributed by atoms with van der Waals surface area (Å²) >= 11 is 1.51. The van der Waals surface area contributed by atoms with E-state index in [4.69, 9.17) is 4.74 Å². The van der Waals surface area contributed by atoms with E-state index in [0.717, 1.165) is 42.1 Å². The van der Waals surface area contributed by atoms with Gasteiger partial charge in [0.2, 0.25) is 0 Å². The van der Waals surface area contributed by atoms with Crippen molar-refractivity contribution >= 4 is 28.4 Å². The van der Waals surface area contributed by atoms with Crippen molar-refractivity contribution in [3.8, 4) is 0 Å². The van der Waals surface area contributed by atoms with Crippen LogP contribution in [0.25, 0.3) is 11.2 Å². The number of hydrogen-bond acceptors (Lipinski definition) is 6. The van der Waals surface area contributed by atoms with Crippen LogP contribution in [0.2, 0.25) is 0 Å². The molecule has 4 heterocycles. The van der Waals surface area contributed by atoms with Gasteiger partial charge in [-0.1, -0.05) is 0 Å². The molecule has 4 rings (SSSR count). The molecule has 1 aliphatic heterocycles. The van der Waals surface area contributed by atoms with Crippen LogP contribution < -0.4 is 5.32 Å². The molecule has 1 fully saturated rings. The minimum absolute atomic E-state index is 0.154. The van der Waals surface area contributed by atoms with Crippen LogP contribution in [0, 0.1) is 0 Å². The van der Waals surface area contributed by atoms with Gasteiger partial charge in [-0.2, -0.15) is 0 Å². The number of nitrogens with one attached hydrogen (secondary N) is 1. The second-order valence-corrected chi connectivity index (χ2v) is 6.68. The highest BCUT2D eigenvalue weighted by molar-refractivity contribution is 7.09. The summed E-state index contributed by atoms with van der Waals surface area (Å²) in [4.78, 5) is 26.2. The van der Waals surface area contributed by atoms with Crippen LogP contribution in [-0.2, 0) is 11.3 Å². The average Bonchev–Trinajstić information content (AvgIpc) is 3.29. The zero-order valence-electron chi connectivity index (χ0n) is 13.0. The summed E-state index contributed by atoms with van der Waals surface area (Å²) in [6, 6.07) is 2.16. The third kappa shape index (κ3) is 3.02. The van der Waals surface area contributed by atoms with Gasteiger partial charge in [-0.15, -0.1) is 11.3 Å². The molecule has 0 radical (unpaired) electrons. The maximum atomic E-state index is 12.3. The predicted octanol–water partition coefficient (Wildman–Crippen LogP) is 2.17. The van der Waals surface area contributed by atoms with Crippen LogP contribution in [0.1, 0.15) is 34.1 Å². The lowest BCUT2D eigenvalue weighted by atomic mass is 10.1. The number of rotatable bonds is 4. The molecule has 7 nitrogen and oxygen atoms in total. The van der Waals surface area contributed by atoms with Crippen LogP contribution in [0.5, 0.6) is 0 Å². The Hall–Kier alpha value is -2.32. The van der Waals surface area contributed by atoms with E-state index < -0.39 is 0 Å². The number of imidazole rings is 1. The zero-order valence-corrected chi connectivity index (χ0v) is 13.8. The second kappa shape index (κ2) is 6.66. The standard InChI is InChI=1S/C16H17N5O2S/c22-16(19-8-13-7-17-10-24-13)11-5-14-15(18-6-11)21(9-20-14)12-1-3-23-4-2-12/h5-7,9-10,12H,1-4,8H2,(H,19,22). The van der Waals surface area contributed by atoms with E-state index in [1.54, 1.807) is 24.0 Å². The van der Waals surface area contributed by atoms with E-state index in [1.165, 1.54) is 11.3 Å².